The Hall–Kier alpha value is -4.23. The van der Waals surface area contributed by atoms with Crippen LogP contribution >= 0.6 is 0 Å². The molecule has 0 saturated carbocycles. The van der Waals surface area contributed by atoms with Crippen LogP contribution in [0.1, 0.15) is 43.4 Å². The Kier molecular flexibility index (Phi) is 10.1. The minimum Gasteiger partial charge on any atom is -0.480 e. The molecular weight excluding hydrogens is 662 g/mol. The van der Waals surface area contributed by atoms with E-state index in [0.29, 0.717) is 10.9 Å². The third kappa shape index (κ3) is 7.58. The molecule has 2 N–H and O–H groups in total. The maximum atomic E-state index is 14.4. The minimum absolute atomic E-state index is 0.313. The van der Waals surface area contributed by atoms with E-state index in [2.05, 4.69) is 16.3 Å². The van der Waals surface area contributed by atoms with Gasteiger partial charge >= 0.3 is 18.3 Å². The monoisotopic (exact) mass is 700 g/mol. The number of carbonyl (C=O) groups is 2. The summed E-state index contributed by atoms with van der Waals surface area (Å²) in [5.41, 5.74) is 0.246. The second-order valence-electron chi connectivity index (χ2n) is 13.4. The number of halogens is 6. The van der Waals surface area contributed by atoms with E-state index < -0.39 is 68.2 Å². The summed E-state index contributed by atoms with van der Waals surface area (Å²) in [7, 11) is 0. The number of amides is 1. The van der Waals surface area contributed by atoms with Crippen LogP contribution in [0, 0.1) is 5.41 Å². The van der Waals surface area contributed by atoms with Crippen LogP contribution < -0.4 is 5.32 Å². The van der Waals surface area contributed by atoms with E-state index >= 15 is 0 Å². The molecule has 13 heteroatoms. The van der Waals surface area contributed by atoms with Crippen LogP contribution in [0.15, 0.2) is 66.9 Å². The number of carboxylic acids is 1. The van der Waals surface area contributed by atoms with Crippen molar-refractivity contribution in [1.29, 1.82) is 0 Å². The number of nitrogens with one attached hydrogen (secondary N) is 1. The van der Waals surface area contributed by atoms with E-state index in [-0.39, 0.29) is 6.42 Å². The van der Waals surface area contributed by atoms with Crippen molar-refractivity contribution in [3.63, 3.8) is 0 Å². The van der Waals surface area contributed by atoms with Gasteiger partial charge in [-0.05, 0) is 90.8 Å². The number of likely N-dealkylation sites (tertiary alicyclic amines) is 2. The van der Waals surface area contributed by atoms with Gasteiger partial charge in [0.25, 0.3) is 0 Å². The molecule has 2 fully saturated rings. The van der Waals surface area contributed by atoms with Crippen LogP contribution in [-0.2, 0) is 22.6 Å². The van der Waals surface area contributed by atoms with Gasteiger partial charge in [-0.1, -0.05) is 61.0 Å². The average molecular weight is 701 g/mol. The first-order chi connectivity index (χ1) is 23.7. The number of fused-ring (bicyclic) bond motifs is 2. The molecule has 2 saturated heterocycles. The normalized spacial score (nSPS) is 18.3. The first-order valence-corrected chi connectivity index (χ1v) is 16.7. The maximum Gasteiger partial charge on any atom is 0.403 e. The third-order valence-corrected chi connectivity index (χ3v) is 10.1. The van der Waals surface area contributed by atoms with Crippen molar-refractivity contribution in [2.75, 3.05) is 32.7 Å². The molecule has 3 heterocycles. The van der Waals surface area contributed by atoms with E-state index in [1.165, 1.54) is 19.3 Å². The van der Waals surface area contributed by atoms with Crippen molar-refractivity contribution >= 4 is 33.4 Å². The van der Waals surface area contributed by atoms with Gasteiger partial charge in [0.1, 0.15) is 11.5 Å². The van der Waals surface area contributed by atoms with Crippen LogP contribution in [0.2, 0.25) is 0 Å². The molecule has 3 aromatic carbocycles. The number of aromatic nitrogens is 1. The highest BCUT2D eigenvalue weighted by Crippen LogP contribution is 2.47. The fourth-order valence-corrected chi connectivity index (χ4v) is 7.38. The Morgan fingerprint density at radius 3 is 2.12 bits per heavy atom. The molecule has 0 unspecified atom stereocenters. The van der Waals surface area contributed by atoms with Crippen molar-refractivity contribution in [3.05, 3.63) is 78.1 Å². The Labute approximate surface area is 285 Å². The molecule has 7 nitrogen and oxygen atoms in total. The smallest absolute Gasteiger partial charge is 0.403 e. The molecular formula is C37H38F6N4O3. The second kappa shape index (κ2) is 14.2. The first-order valence-electron chi connectivity index (χ1n) is 16.7. The van der Waals surface area contributed by atoms with E-state index in [4.69, 9.17) is 4.98 Å². The zero-order valence-electron chi connectivity index (χ0n) is 27.3. The van der Waals surface area contributed by atoms with Crippen LogP contribution in [0.5, 0.6) is 0 Å². The lowest BCUT2D eigenvalue weighted by molar-refractivity contribution is -0.236. The van der Waals surface area contributed by atoms with E-state index in [0.717, 1.165) is 57.5 Å². The topological polar surface area (TPSA) is 85.8 Å². The molecule has 50 heavy (non-hydrogen) atoms. The van der Waals surface area contributed by atoms with Crippen LogP contribution in [0.25, 0.3) is 32.7 Å². The largest absolute Gasteiger partial charge is 0.480 e. The van der Waals surface area contributed by atoms with E-state index in [9.17, 15) is 41.0 Å². The Morgan fingerprint density at radius 2 is 1.46 bits per heavy atom. The number of hydrogen-bond acceptors (Lipinski definition) is 5. The molecule has 1 amide bonds. The fourth-order valence-electron chi connectivity index (χ4n) is 7.38. The molecule has 0 spiro atoms. The molecule has 266 valence electrons. The lowest BCUT2D eigenvalue weighted by atomic mass is 9.76. The summed E-state index contributed by atoms with van der Waals surface area (Å²) in [4.78, 5) is 33.7. The Balaban J connectivity index is 1.26. The van der Waals surface area contributed by atoms with Crippen molar-refractivity contribution in [2.45, 2.75) is 63.5 Å². The number of hydrogen-bond donors (Lipinski definition) is 2. The molecule has 4 aromatic rings. The van der Waals surface area contributed by atoms with Gasteiger partial charge < -0.3 is 10.4 Å². The zero-order chi connectivity index (χ0) is 35.7. The maximum absolute atomic E-state index is 14.4. The number of carbonyl (C=O) groups excluding carboxylic acids is 1. The average Bonchev–Trinajstić information content (AvgIpc) is 3.07. The highest BCUT2D eigenvalue weighted by molar-refractivity contribution is 6.06. The molecule has 1 aromatic heterocycles. The summed E-state index contributed by atoms with van der Waals surface area (Å²) >= 11 is 0. The number of pyridine rings is 1. The highest BCUT2D eigenvalue weighted by Gasteiger charge is 2.61. The summed E-state index contributed by atoms with van der Waals surface area (Å²) in [5, 5.41) is 15.6. The van der Waals surface area contributed by atoms with E-state index in [1.54, 1.807) is 18.2 Å². The van der Waals surface area contributed by atoms with Gasteiger partial charge in [-0.15, -0.1) is 0 Å². The molecule has 0 radical (unpaired) electrons. The summed E-state index contributed by atoms with van der Waals surface area (Å²) in [6.07, 6.45) is -6.36. The Bertz CT molecular complexity index is 1860. The van der Waals surface area contributed by atoms with Crippen molar-refractivity contribution in [2.24, 2.45) is 5.41 Å². The Morgan fingerprint density at radius 1 is 0.820 bits per heavy atom. The van der Waals surface area contributed by atoms with Crippen LogP contribution in [-0.4, -0.2) is 82.9 Å². The van der Waals surface area contributed by atoms with Gasteiger partial charge in [0.2, 0.25) is 5.91 Å². The number of piperidine rings is 2. The molecule has 1 atom stereocenters. The number of alkyl halides is 6. The lowest BCUT2D eigenvalue weighted by Crippen LogP contribution is -2.59. The summed E-state index contributed by atoms with van der Waals surface area (Å²) in [5.74, 6) is -3.08. The SMILES string of the molecule is O=C(O)[C@H](Cc1cccc2c(-c3cccc4cc(CN5CCCCC5)ncc34)cccc12)NC(=O)C1(C(F)(F)F)CCN(CC(F)(F)F)CC1. The minimum atomic E-state index is -5.10. The quantitative estimate of drug-likeness (QED) is 0.178. The summed E-state index contributed by atoms with van der Waals surface area (Å²) < 4.78 is 81.8. The number of aliphatic carboxylic acids is 1. The molecule has 2 aliphatic rings. The van der Waals surface area contributed by atoms with Crippen molar-refractivity contribution in [1.82, 2.24) is 20.1 Å². The van der Waals surface area contributed by atoms with Gasteiger partial charge in [-0.2, -0.15) is 26.3 Å². The number of rotatable bonds is 9. The number of carboxylic acid groups (broad SMARTS) is 1. The summed E-state index contributed by atoms with van der Waals surface area (Å²) in [6, 6.07) is 17.2. The predicted molar refractivity (Wildman–Crippen MR) is 177 cm³/mol. The van der Waals surface area contributed by atoms with Gasteiger partial charge in [0, 0.05) is 24.5 Å². The molecule has 6 rings (SSSR count). The van der Waals surface area contributed by atoms with Gasteiger partial charge in [-0.25, -0.2) is 4.79 Å². The number of benzene rings is 3. The standard InChI is InChI=1S/C37H38F6N4O3/c38-36(39,40)23-47-17-13-35(14-18-47,37(41,42)43)34(50)45-32(33(48)49)20-25-8-5-10-28-27(25)9-6-12-29(28)30-11-4-7-24-19-26(44-21-31(24)30)22-46-15-2-1-3-16-46/h4-12,19,21,32H,1-3,13-18,20,22-23H2,(H,45,50)(H,48,49)/t32-/m0/s1. The predicted octanol–water partition coefficient (Wildman–Crippen LogP) is 7.36. The van der Waals surface area contributed by atoms with Crippen molar-refractivity contribution in [3.8, 4) is 11.1 Å². The zero-order valence-corrected chi connectivity index (χ0v) is 27.3. The molecule has 0 bridgehead atoms. The fraction of sp³-hybridized carbons (Fsp3) is 0.432. The second-order valence-corrected chi connectivity index (χ2v) is 13.4. The lowest BCUT2D eigenvalue weighted by Gasteiger charge is -2.42. The van der Waals surface area contributed by atoms with Gasteiger partial charge in [0.05, 0.1) is 12.2 Å². The molecule has 2 aliphatic heterocycles. The number of nitrogens with zero attached hydrogens (tertiary/aromatic N) is 3. The molecule has 0 aliphatic carbocycles. The van der Waals surface area contributed by atoms with Crippen LogP contribution in [0.3, 0.4) is 0 Å². The van der Waals surface area contributed by atoms with Crippen LogP contribution in [0.4, 0.5) is 26.3 Å². The van der Waals surface area contributed by atoms with Crippen molar-refractivity contribution < 1.29 is 41.0 Å². The third-order valence-electron chi connectivity index (χ3n) is 10.1. The summed E-state index contributed by atoms with van der Waals surface area (Å²) in [6.45, 7) is 0.271. The van der Waals surface area contributed by atoms with E-state index in [1.807, 2.05) is 42.6 Å². The first kappa shape index (κ1) is 35.6. The highest BCUT2D eigenvalue weighted by atomic mass is 19.4. The van der Waals surface area contributed by atoms with Gasteiger partial charge in [0.15, 0.2) is 0 Å². The van der Waals surface area contributed by atoms with Gasteiger partial charge in [-0.3, -0.25) is 19.6 Å².